The molecule has 1 heteroatoms. The highest BCUT2D eigenvalue weighted by atomic mass is 15.0. The van der Waals surface area contributed by atoms with Gasteiger partial charge in [-0.05, 0) is 61.3 Å². The zero-order chi connectivity index (χ0) is 12.9. The maximum Gasteiger partial charge on any atom is 0.0218 e. The monoisotopic (exact) mass is 255 g/mol. The molecule has 0 saturated heterocycles. The van der Waals surface area contributed by atoms with Crippen molar-refractivity contribution >= 4 is 0 Å². The highest BCUT2D eigenvalue weighted by Crippen LogP contribution is 2.58. The van der Waals surface area contributed by atoms with Gasteiger partial charge in [-0.15, -0.1) is 0 Å². The SMILES string of the molecule is CC1C2CC3CC(C2)CC1(NCc1ccccc1)C3. The Kier molecular flexibility index (Phi) is 2.73. The predicted molar refractivity (Wildman–Crippen MR) is 78.7 cm³/mol. The number of benzene rings is 1. The normalized spacial score (nSPS) is 43.6. The van der Waals surface area contributed by atoms with E-state index in [1.54, 1.807) is 0 Å². The van der Waals surface area contributed by atoms with E-state index in [4.69, 9.17) is 0 Å². The van der Waals surface area contributed by atoms with E-state index in [2.05, 4.69) is 42.6 Å². The number of nitrogens with one attached hydrogen (secondary N) is 1. The van der Waals surface area contributed by atoms with Gasteiger partial charge in [0.15, 0.2) is 0 Å². The van der Waals surface area contributed by atoms with E-state index >= 15 is 0 Å². The third-order valence-corrected chi connectivity index (χ3v) is 6.31. The summed E-state index contributed by atoms with van der Waals surface area (Å²) in [5.41, 5.74) is 1.90. The van der Waals surface area contributed by atoms with Gasteiger partial charge in [-0.25, -0.2) is 0 Å². The minimum absolute atomic E-state index is 0.463. The van der Waals surface area contributed by atoms with Crippen LogP contribution in [-0.2, 0) is 6.54 Å². The highest BCUT2D eigenvalue weighted by molar-refractivity contribution is 5.16. The van der Waals surface area contributed by atoms with E-state index in [0.717, 1.165) is 30.2 Å². The van der Waals surface area contributed by atoms with Gasteiger partial charge in [-0.2, -0.15) is 0 Å². The van der Waals surface area contributed by atoms with Gasteiger partial charge in [-0.3, -0.25) is 0 Å². The molecular weight excluding hydrogens is 230 g/mol. The summed E-state index contributed by atoms with van der Waals surface area (Å²) in [6.07, 6.45) is 7.44. The van der Waals surface area contributed by atoms with Crippen molar-refractivity contribution in [2.24, 2.45) is 23.7 Å². The first-order valence-electron chi connectivity index (χ1n) is 8.04. The van der Waals surface area contributed by atoms with Crippen molar-refractivity contribution < 1.29 is 0 Å². The summed E-state index contributed by atoms with van der Waals surface area (Å²) in [6.45, 7) is 3.57. The summed E-state index contributed by atoms with van der Waals surface area (Å²) < 4.78 is 0. The van der Waals surface area contributed by atoms with Crippen LogP contribution in [0.3, 0.4) is 0 Å². The molecule has 1 nitrogen and oxygen atoms in total. The second-order valence-electron chi connectivity index (χ2n) is 7.39. The number of hydrogen-bond donors (Lipinski definition) is 1. The van der Waals surface area contributed by atoms with E-state index in [1.165, 1.54) is 37.7 Å². The summed E-state index contributed by atoms with van der Waals surface area (Å²) in [6, 6.07) is 10.9. The maximum absolute atomic E-state index is 3.99. The van der Waals surface area contributed by atoms with Gasteiger partial charge in [0.25, 0.3) is 0 Å². The largest absolute Gasteiger partial charge is 0.307 e. The van der Waals surface area contributed by atoms with Gasteiger partial charge >= 0.3 is 0 Å². The Balaban J connectivity index is 1.53. The van der Waals surface area contributed by atoms with Gasteiger partial charge in [0.05, 0.1) is 0 Å². The quantitative estimate of drug-likeness (QED) is 0.861. The molecule has 4 fully saturated rings. The van der Waals surface area contributed by atoms with Gasteiger partial charge in [0, 0.05) is 12.1 Å². The molecule has 0 spiro atoms. The standard InChI is InChI=1S/C18H25N/c1-13-17-8-15-7-16(9-17)11-18(13,10-15)19-12-14-5-3-2-4-6-14/h2-6,13,15-17,19H,7-12H2,1H3. The minimum atomic E-state index is 0.463. The van der Waals surface area contributed by atoms with Crippen LogP contribution < -0.4 is 5.32 Å². The van der Waals surface area contributed by atoms with Crippen molar-refractivity contribution in [3.8, 4) is 0 Å². The Bertz CT molecular complexity index is 438. The Morgan fingerprint density at radius 1 is 1.05 bits per heavy atom. The van der Waals surface area contributed by atoms with Crippen molar-refractivity contribution in [3.05, 3.63) is 35.9 Å². The molecule has 3 atom stereocenters. The summed E-state index contributed by atoms with van der Waals surface area (Å²) >= 11 is 0. The third kappa shape index (κ3) is 1.94. The summed E-state index contributed by atoms with van der Waals surface area (Å²) in [7, 11) is 0. The molecule has 0 heterocycles. The molecule has 1 N–H and O–H groups in total. The fourth-order valence-corrected chi connectivity index (χ4v) is 5.47. The van der Waals surface area contributed by atoms with Gasteiger partial charge in [0.1, 0.15) is 0 Å². The molecule has 4 saturated carbocycles. The summed E-state index contributed by atoms with van der Waals surface area (Å²) in [5.74, 6) is 3.94. The zero-order valence-corrected chi connectivity index (χ0v) is 11.9. The smallest absolute Gasteiger partial charge is 0.0218 e. The first-order valence-corrected chi connectivity index (χ1v) is 8.04. The molecule has 1 aromatic carbocycles. The lowest BCUT2D eigenvalue weighted by atomic mass is 9.49. The molecule has 0 aliphatic heterocycles. The zero-order valence-electron chi connectivity index (χ0n) is 11.9. The Hall–Kier alpha value is -0.820. The molecular formula is C18H25N. The van der Waals surface area contributed by atoms with Crippen LogP contribution in [0.2, 0.25) is 0 Å². The fourth-order valence-electron chi connectivity index (χ4n) is 5.47. The van der Waals surface area contributed by atoms with Crippen LogP contribution in [0.1, 0.15) is 44.6 Å². The molecule has 3 unspecified atom stereocenters. The third-order valence-electron chi connectivity index (χ3n) is 6.31. The Labute approximate surface area is 116 Å². The Morgan fingerprint density at radius 3 is 2.42 bits per heavy atom. The van der Waals surface area contributed by atoms with Gasteiger partial charge in [-0.1, -0.05) is 37.3 Å². The molecule has 0 aromatic heterocycles. The molecule has 4 bridgehead atoms. The lowest BCUT2D eigenvalue weighted by Crippen LogP contribution is -2.63. The van der Waals surface area contributed by atoms with Crippen molar-refractivity contribution in [1.82, 2.24) is 5.32 Å². The molecule has 5 rings (SSSR count). The Morgan fingerprint density at radius 2 is 1.74 bits per heavy atom. The van der Waals surface area contributed by atoms with E-state index in [9.17, 15) is 0 Å². The van der Waals surface area contributed by atoms with Crippen LogP contribution in [0, 0.1) is 23.7 Å². The maximum atomic E-state index is 3.99. The second-order valence-corrected chi connectivity index (χ2v) is 7.39. The van der Waals surface area contributed by atoms with E-state index in [-0.39, 0.29) is 0 Å². The van der Waals surface area contributed by atoms with Crippen LogP contribution in [0.15, 0.2) is 30.3 Å². The van der Waals surface area contributed by atoms with Crippen LogP contribution in [0.5, 0.6) is 0 Å². The van der Waals surface area contributed by atoms with Crippen LogP contribution in [0.4, 0.5) is 0 Å². The van der Waals surface area contributed by atoms with E-state index in [1.807, 2.05) is 0 Å². The highest BCUT2D eigenvalue weighted by Gasteiger charge is 2.54. The van der Waals surface area contributed by atoms with E-state index < -0.39 is 0 Å². The molecule has 102 valence electrons. The predicted octanol–water partition coefficient (Wildman–Crippen LogP) is 3.99. The van der Waals surface area contributed by atoms with Crippen molar-refractivity contribution in [2.45, 2.75) is 51.1 Å². The lowest BCUT2D eigenvalue weighted by molar-refractivity contribution is -0.0675. The fraction of sp³-hybridized carbons (Fsp3) is 0.667. The number of rotatable bonds is 3. The molecule has 1 aromatic rings. The van der Waals surface area contributed by atoms with Crippen molar-refractivity contribution in [3.63, 3.8) is 0 Å². The van der Waals surface area contributed by atoms with Gasteiger partial charge < -0.3 is 5.32 Å². The molecule has 0 amide bonds. The topological polar surface area (TPSA) is 12.0 Å². The van der Waals surface area contributed by atoms with Crippen LogP contribution >= 0.6 is 0 Å². The van der Waals surface area contributed by atoms with Gasteiger partial charge in [0.2, 0.25) is 0 Å². The first-order chi connectivity index (χ1) is 9.25. The number of hydrogen-bond acceptors (Lipinski definition) is 1. The van der Waals surface area contributed by atoms with Crippen molar-refractivity contribution in [1.29, 1.82) is 0 Å². The summed E-state index contributed by atoms with van der Waals surface area (Å²) in [5, 5.41) is 3.99. The second kappa shape index (κ2) is 4.34. The van der Waals surface area contributed by atoms with E-state index in [0.29, 0.717) is 5.54 Å². The average molecular weight is 255 g/mol. The molecule has 0 radical (unpaired) electrons. The first kappa shape index (κ1) is 12.0. The van der Waals surface area contributed by atoms with Crippen LogP contribution in [-0.4, -0.2) is 5.54 Å². The summed E-state index contributed by atoms with van der Waals surface area (Å²) in [4.78, 5) is 0. The minimum Gasteiger partial charge on any atom is -0.307 e. The lowest BCUT2D eigenvalue weighted by Gasteiger charge is -2.61. The molecule has 4 aliphatic carbocycles. The molecule has 19 heavy (non-hydrogen) atoms. The average Bonchev–Trinajstić information content (AvgIpc) is 2.43. The molecule has 4 aliphatic rings. The van der Waals surface area contributed by atoms with Crippen molar-refractivity contribution in [2.75, 3.05) is 0 Å². The van der Waals surface area contributed by atoms with Crippen LogP contribution in [0.25, 0.3) is 0 Å².